The molecule has 6 nitrogen and oxygen atoms in total. The molecule has 8 heteroatoms. The third-order valence-corrected chi connectivity index (χ3v) is 7.65. The highest BCUT2D eigenvalue weighted by Gasteiger charge is 2.48. The maximum Gasteiger partial charge on any atom is 0.323 e. The van der Waals surface area contributed by atoms with Gasteiger partial charge < -0.3 is 5.11 Å². The van der Waals surface area contributed by atoms with Crippen LogP contribution < -0.4 is 0 Å². The number of carboxylic acids is 1. The Labute approximate surface area is 157 Å². The molecule has 1 N–H and O–H groups in total. The average Bonchev–Trinajstić information content (AvgIpc) is 2.61. The van der Waals surface area contributed by atoms with E-state index >= 15 is 0 Å². The zero-order chi connectivity index (χ0) is 18.9. The van der Waals surface area contributed by atoms with Crippen LogP contribution in [0.15, 0.2) is 53.7 Å². The summed E-state index contributed by atoms with van der Waals surface area (Å²) in [6.45, 7) is 3.71. The maximum atomic E-state index is 13.1. The second kappa shape index (κ2) is 7.02. The molecule has 1 aromatic carbocycles. The van der Waals surface area contributed by atoms with Crippen molar-refractivity contribution in [3.8, 4) is 11.1 Å². The lowest BCUT2D eigenvalue weighted by Crippen LogP contribution is -2.58. The molecule has 3 rings (SSSR count). The van der Waals surface area contributed by atoms with E-state index in [1.54, 1.807) is 38.4 Å². The van der Waals surface area contributed by atoms with Crippen LogP contribution >= 0.6 is 11.8 Å². The Hall–Kier alpha value is -1.90. The zero-order valence-corrected chi connectivity index (χ0v) is 16.1. The molecule has 0 unspecified atom stereocenters. The number of thioether (sulfide) groups is 1. The maximum absolute atomic E-state index is 13.1. The van der Waals surface area contributed by atoms with Gasteiger partial charge in [-0.1, -0.05) is 18.2 Å². The number of benzene rings is 1. The Kier molecular flexibility index (Phi) is 5.09. The molecule has 0 bridgehead atoms. The predicted octanol–water partition coefficient (Wildman–Crippen LogP) is 2.72. The summed E-state index contributed by atoms with van der Waals surface area (Å²) in [5, 5.41) is 9.62. The van der Waals surface area contributed by atoms with Gasteiger partial charge in [0.1, 0.15) is 6.04 Å². The molecule has 1 fully saturated rings. The summed E-state index contributed by atoms with van der Waals surface area (Å²) in [6.07, 6.45) is 3.37. The monoisotopic (exact) mass is 392 g/mol. The molecule has 1 saturated heterocycles. The average molecular weight is 393 g/mol. The van der Waals surface area contributed by atoms with E-state index < -0.39 is 26.8 Å². The van der Waals surface area contributed by atoms with Crippen molar-refractivity contribution < 1.29 is 18.3 Å². The van der Waals surface area contributed by atoms with Crippen LogP contribution in [0.1, 0.15) is 13.8 Å². The number of carbonyl (C=O) groups is 1. The Balaban J connectivity index is 1.96. The van der Waals surface area contributed by atoms with Gasteiger partial charge in [0.05, 0.1) is 4.90 Å². The van der Waals surface area contributed by atoms with E-state index in [4.69, 9.17) is 0 Å². The Morgan fingerprint density at radius 1 is 1.23 bits per heavy atom. The van der Waals surface area contributed by atoms with Gasteiger partial charge in [-0.15, -0.1) is 0 Å². The number of nitrogens with zero attached hydrogens (tertiary/aromatic N) is 2. The van der Waals surface area contributed by atoms with E-state index in [-0.39, 0.29) is 11.4 Å². The number of hydrogen-bond acceptors (Lipinski definition) is 5. The van der Waals surface area contributed by atoms with Crippen molar-refractivity contribution in [3.05, 3.63) is 48.8 Å². The van der Waals surface area contributed by atoms with Crippen molar-refractivity contribution in [2.45, 2.75) is 29.5 Å². The first kappa shape index (κ1) is 18.9. The fourth-order valence-corrected chi connectivity index (χ4v) is 6.22. The van der Waals surface area contributed by atoms with Crippen molar-refractivity contribution >= 4 is 27.8 Å². The SMILES string of the molecule is CC1(C)SCCN(S(=O)(=O)c2ccc(-c3cccnc3)cc2)[C@H]1C(=O)O. The minimum atomic E-state index is -3.90. The van der Waals surface area contributed by atoms with Gasteiger partial charge in [-0.05, 0) is 43.2 Å². The summed E-state index contributed by atoms with van der Waals surface area (Å²) >= 11 is 1.48. The van der Waals surface area contributed by atoms with E-state index in [1.807, 2.05) is 12.1 Å². The first-order chi connectivity index (χ1) is 12.2. The van der Waals surface area contributed by atoms with Crippen molar-refractivity contribution in [2.75, 3.05) is 12.3 Å². The second-order valence-electron chi connectivity index (χ2n) is 6.57. The highest BCUT2D eigenvalue weighted by atomic mass is 32.2. The lowest BCUT2D eigenvalue weighted by atomic mass is 10.0. The summed E-state index contributed by atoms with van der Waals surface area (Å²) in [4.78, 5) is 15.9. The van der Waals surface area contributed by atoms with E-state index in [0.29, 0.717) is 5.75 Å². The number of sulfonamides is 1. The topological polar surface area (TPSA) is 87.6 Å². The lowest BCUT2D eigenvalue weighted by molar-refractivity contribution is -0.142. The Morgan fingerprint density at radius 3 is 2.50 bits per heavy atom. The summed E-state index contributed by atoms with van der Waals surface area (Å²) in [7, 11) is -3.90. The summed E-state index contributed by atoms with van der Waals surface area (Å²) in [5.74, 6) is -0.568. The fraction of sp³-hybridized carbons (Fsp3) is 0.333. The van der Waals surface area contributed by atoms with Gasteiger partial charge >= 0.3 is 5.97 Å². The third kappa shape index (κ3) is 3.49. The van der Waals surface area contributed by atoms with E-state index in [0.717, 1.165) is 15.4 Å². The lowest BCUT2D eigenvalue weighted by Gasteiger charge is -2.42. The molecule has 1 atom stereocenters. The van der Waals surface area contributed by atoms with Crippen molar-refractivity contribution in [3.63, 3.8) is 0 Å². The van der Waals surface area contributed by atoms with Gasteiger partial charge in [-0.2, -0.15) is 16.1 Å². The first-order valence-corrected chi connectivity index (χ1v) is 10.5. The van der Waals surface area contributed by atoms with Gasteiger partial charge in [0.25, 0.3) is 0 Å². The number of pyridine rings is 1. The standard InChI is InChI=1S/C18H20N2O4S2/c1-18(2)16(17(21)22)20(10-11-25-18)26(23,24)15-7-5-13(6-8-15)14-4-3-9-19-12-14/h3-9,12,16H,10-11H2,1-2H3,(H,21,22)/t16-/m0/s1. The number of rotatable bonds is 4. The van der Waals surface area contributed by atoms with Gasteiger partial charge in [0.2, 0.25) is 10.0 Å². The molecule has 138 valence electrons. The molecule has 1 aliphatic heterocycles. The van der Waals surface area contributed by atoms with Crippen LogP contribution in [-0.4, -0.2) is 51.9 Å². The molecule has 0 radical (unpaired) electrons. The minimum absolute atomic E-state index is 0.0964. The van der Waals surface area contributed by atoms with Crippen molar-refractivity contribution in [2.24, 2.45) is 0 Å². The number of aromatic nitrogens is 1. The Bertz CT molecular complexity index is 897. The second-order valence-corrected chi connectivity index (χ2v) is 10.2. The van der Waals surface area contributed by atoms with Gasteiger partial charge in [-0.3, -0.25) is 9.78 Å². The normalized spacial score (nSPS) is 20.6. The largest absolute Gasteiger partial charge is 0.480 e. The molecular weight excluding hydrogens is 372 g/mol. The molecule has 0 aliphatic carbocycles. The smallest absolute Gasteiger partial charge is 0.323 e. The number of hydrogen-bond donors (Lipinski definition) is 1. The van der Waals surface area contributed by atoms with Crippen molar-refractivity contribution in [1.29, 1.82) is 0 Å². The molecule has 0 spiro atoms. The van der Waals surface area contributed by atoms with Gasteiger partial charge in [0.15, 0.2) is 0 Å². The predicted molar refractivity (Wildman–Crippen MR) is 102 cm³/mol. The van der Waals surface area contributed by atoms with Crippen LogP contribution in [0, 0.1) is 0 Å². The molecular formula is C18H20N2O4S2. The highest BCUT2D eigenvalue weighted by Crippen LogP contribution is 2.38. The highest BCUT2D eigenvalue weighted by molar-refractivity contribution is 8.00. The van der Waals surface area contributed by atoms with Gasteiger partial charge in [-0.25, -0.2) is 8.42 Å². The summed E-state index contributed by atoms with van der Waals surface area (Å²) < 4.78 is 26.6. The van der Waals surface area contributed by atoms with Crippen LogP contribution in [-0.2, 0) is 14.8 Å². The van der Waals surface area contributed by atoms with E-state index in [1.165, 1.54) is 23.9 Å². The summed E-state index contributed by atoms with van der Waals surface area (Å²) in [6, 6.07) is 9.06. The molecule has 2 heterocycles. The molecule has 0 amide bonds. The zero-order valence-electron chi connectivity index (χ0n) is 14.5. The van der Waals surface area contributed by atoms with E-state index in [2.05, 4.69) is 4.98 Å². The van der Waals surface area contributed by atoms with Crippen LogP contribution in [0.2, 0.25) is 0 Å². The van der Waals surface area contributed by atoms with Crippen molar-refractivity contribution in [1.82, 2.24) is 9.29 Å². The molecule has 1 aromatic heterocycles. The van der Waals surface area contributed by atoms with Gasteiger partial charge in [0, 0.05) is 29.4 Å². The molecule has 1 aliphatic rings. The molecule has 26 heavy (non-hydrogen) atoms. The molecule has 2 aromatic rings. The molecule has 0 saturated carbocycles. The Morgan fingerprint density at radius 2 is 1.92 bits per heavy atom. The van der Waals surface area contributed by atoms with Crippen LogP contribution in [0.4, 0.5) is 0 Å². The van der Waals surface area contributed by atoms with Crippen LogP contribution in [0.3, 0.4) is 0 Å². The third-order valence-electron chi connectivity index (χ3n) is 4.42. The minimum Gasteiger partial charge on any atom is -0.480 e. The fourth-order valence-electron chi connectivity index (χ4n) is 3.12. The number of carboxylic acid groups (broad SMARTS) is 1. The van der Waals surface area contributed by atoms with E-state index in [9.17, 15) is 18.3 Å². The first-order valence-electron chi connectivity index (χ1n) is 8.12. The quantitative estimate of drug-likeness (QED) is 0.861. The number of aliphatic carboxylic acids is 1. The summed E-state index contributed by atoms with van der Waals surface area (Å²) in [5.41, 5.74) is 1.73. The van der Waals surface area contributed by atoms with Crippen LogP contribution in [0.25, 0.3) is 11.1 Å². The van der Waals surface area contributed by atoms with Crippen LogP contribution in [0.5, 0.6) is 0 Å².